The number of carbonyl (C=O) groups is 2. The number of imide groups is 1. The number of carbonyl (C=O) groups excluding carboxylic acids is 2. The first-order valence-corrected chi connectivity index (χ1v) is 11.1. The fourth-order valence-corrected chi connectivity index (χ4v) is 2.72. The molecule has 0 atom stereocenters. The maximum absolute atomic E-state index is 11.4. The first-order valence-electron chi connectivity index (χ1n) is 10.7. The Morgan fingerprint density at radius 2 is 1.77 bits per heavy atom. The number of hydrogen-bond donors (Lipinski definition) is 2. The van der Waals surface area contributed by atoms with Crippen LogP contribution in [0.1, 0.15) is 12.5 Å². The number of nitrogens with one attached hydrogen (secondary N) is 2. The Labute approximate surface area is 209 Å². The van der Waals surface area contributed by atoms with Gasteiger partial charge in [0.1, 0.15) is 11.5 Å². The highest BCUT2D eigenvalue weighted by Gasteiger charge is 2.08. The van der Waals surface area contributed by atoms with Crippen LogP contribution in [0.25, 0.3) is 0 Å². The monoisotopic (exact) mass is 497 g/mol. The molecule has 0 saturated heterocycles. The van der Waals surface area contributed by atoms with E-state index in [4.69, 9.17) is 21.1 Å². The van der Waals surface area contributed by atoms with E-state index in [2.05, 4.69) is 20.6 Å². The number of amides is 3. The number of anilines is 1. The van der Waals surface area contributed by atoms with Crippen LogP contribution in [-0.4, -0.2) is 49.4 Å². The zero-order chi connectivity index (χ0) is 25.5. The second-order valence-corrected chi connectivity index (χ2v) is 7.31. The number of aromatic nitrogens is 1. The second-order valence-electron chi connectivity index (χ2n) is 6.87. The SMILES string of the molecule is CCN(C=O)C(=O)NCc1ccc(Cl)cc1.CN=CNc1ccc(Oc2ccc(OC)nc2)cc1. The average molecular weight is 498 g/mol. The Morgan fingerprint density at radius 1 is 1.09 bits per heavy atom. The van der Waals surface area contributed by atoms with Gasteiger partial charge in [0.2, 0.25) is 12.3 Å². The summed E-state index contributed by atoms with van der Waals surface area (Å²) in [5.41, 5.74) is 1.88. The first-order chi connectivity index (χ1) is 17.0. The van der Waals surface area contributed by atoms with Gasteiger partial charge in [-0.05, 0) is 55.0 Å². The standard InChI is InChI=1S/C14H15N3O2.C11H13ClN2O2/c1-15-10-17-11-3-5-12(6-4-11)19-13-7-8-14(18-2)16-9-13;1-2-14(8-15)11(16)13-7-9-3-5-10(12)6-4-9/h3-10H,1-2H3,(H,15,17);3-6,8H,2,7H2,1H3,(H,13,16). The van der Waals surface area contributed by atoms with E-state index in [0.29, 0.717) is 36.2 Å². The van der Waals surface area contributed by atoms with Crippen molar-refractivity contribution in [3.05, 3.63) is 77.4 Å². The number of hydrogen-bond acceptors (Lipinski definition) is 6. The maximum Gasteiger partial charge on any atom is 0.324 e. The number of rotatable bonds is 9. The normalized spacial score (nSPS) is 10.1. The largest absolute Gasteiger partial charge is 0.481 e. The third-order valence-electron chi connectivity index (χ3n) is 4.45. The summed E-state index contributed by atoms with van der Waals surface area (Å²) in [4.78, 5) is 30.9. The van der Waals surface area contributed by atoms with Crippen molar-refractivity contribution >= 4 is 36.1 Å². The molecule has 3 rings (SSSR count). The molecule has 3 aromatic rings. The lowest BCUT2D eigenvalue weighted by molar-refractivity contribution is -0.115. The van der Waals surface area contributed by atoms with Crippen LogP contribution in [0.5, 0.6) is 17.4 Å². The maximum atomic E-state index is 11.4. The van der Waals surface area contributed by atoms with E-state index in [0.717, 1.165) is 21.9 Å². The van der Waals surface area contributed by atoms with Gasteiger partial charge >= 0.3 is 6.03 Å². The number of methoxy groups -OCH3 is 1. The number of pyridine rings is 1. The lowest BCUT2D eigenvalue weighted by Gasteiger charge is -2.13. The zero-order valence-electron chi connectivity index (χ0n) is 19.8. The third kappa shape index (κ3) is 9.73. The number of aliphatic imine (C=N–C) groups is 1. The van der Waals surface area contributed by atoms with Crippen molar-refractivity contribution < 1.29 is 19.1 Å². The molecule has 2 aromatic carbocycles. The van der Waals surface area contributed by atoms with Gasteiger partial charge in [0, 0.05) is 36.9 Å². The summed E-state index contributed by atoms with van der Waals surface area (Å²) < 4.78 is 10.6. The van der Waals surface area contributed by atoms with Gasteiger partial charge in [-0.15, -0.1) is 0 Å². The number of ether oxygens (including phenoxy) is 2. The number of nitrogens with zero attached hydrogens (tertiary/aromatic N) is 3. The predicted molar refractivity (Wildman–Crippen MR) is 137 cm³/mol. The van der Waals surface area contributed by atoms with Crippen LogP contribution >= 0.6 is 11.6 Å². The van der Waals surface area contributed by atoms with E-state index in [1.165, 1.54) is 0 Å². The summed E-state index contributed by atoms with van der Waals surface area (Å²) in [5, 5.41) is 6.31. The Hall–Kier alpha value is -4.11. The first kappa shape index (κ1) is 27.1. The molecular formula is C25H28ClN5O4. The lowest BCUT2D eigenvalue weighted by atomic mass is 10.2. The van der Waals surface area contributed by atoms with Crippen molar-refractivity contribution in [3.8, 4) is 17.4 Å². The van der Waals surface area contributed by atoms with Gasteiger partial charge in [-0.1, -0.05) is 23.7 Å². The van der Waals surface area contributed by atoms with Gasteiger partial charge < -0.3 is 20.1 Å². The Balaban J connectivity index is 0.000000251. The molecule has 0 saturated carbocycles. The van der Waals surface area contributed by atoms with Crippen molar-refractivity contribution in [2.45, 2.75) is 13.5 Å². The molecule has 0 aliphatic rings. The van der Waals surface area contributed by atoms with Crippen molar-refractivity contribution in [2.24, 2.45) is 4.99 Å². The fraction of sp³-hybridized carbons (Fsp3) is 0.200. The number of benzene rings is 2. The van der Waals surface area contributed by atoms with E-state index in [9.17, 15) is 9.59 Å². The molecule has 1 heterocycles. The van der Waals surface area contributed by atoms with E-state index in [-0.39, 0.29) is 0 Å². The molecule has 0 radical (unpaired) electrons. The molecule has 0 bridgehead atoms. The minimum absolute atomic E-state index is 0.357. The molecule has 3 amide bonds. The van der Waals surface area contributed by atoms with Crippen LogP contribution in [0.15, 0.2) is 71.9 Å². The number of halogens is 1. The highest BCUT2D eigenvalue weighted by molar-refractivity contribution is 6.30. The minimum Gasteiger partial charge on any atom is -0.481 e. The molecule has 10 heteroatoms. The van der Waals surface area contributed by atoms with Gasteiger partial charge in [0.05, 0.1) is 19.6 Å². The van der Waals surface area contributed by atoms with Gasteiger partial charge in [0.15, 0.2) is 0 Å². The van der Waals surface area contributed by atoms with E-state index in [1.807, 2.05) is 42.5 Å². The summed E-state index contributed by atoms with van der Waals surface area (Å²) in [7, 11) is 3.29. The Kier molecular flexibility index (Phi) is 11.6. The van der Waals surface area contributed by atoms with E-state index in [1.54, 1.807) is 51.8 Å². The topological polar surface area (TPSA) is 105 Å². The third-order valence-corrected chi connectivity index (χ3v) is 4.71. The molecule has 0 aliphatic heterocycles. The summed E-state index contributed by atoms with van der Waals surface area (Å²) in [6.07, 6.45) is 3.76. The molecule has 2 N–H and O–H groups in total. The second kappa shape index (κ2) is 14.9. The summed E-state index contributed by atoms with van der Waals surface area (Å²) in [6.45, 7) is 2.46. The van der Waals surface area contributed by atoms with Gasteiger partial charge in [-0.25, -0.2) is 9.78 Å². The summed E-state index contributed by atoms with van der Waals surface area (Å²) >= 11 is 5.73. The van der Waals surface area contributed by atoms with Gasteiger partial charge in [-0.3, -0.25) is 14.7 Å². The summed E-state index contributed by atoms with van der Waals surface area (Å²) in [5.74, 6) is 1.97. The molecule has 0 unspecified atom stereocenters. The minimum atomic E-state index is -0.396. The molecule has 35 heavy (non-hydrogen) atoms. The summed E-state index contributed by atoms with van der Waals surface area (Å²) in [6, 6.07) is 17.9. The molecular weight excluding hydrogens is 470 g/mol. The fourth-order valence-electron chi connectivity index (χ4n) is 2.59. The van der Waals surface area contributed by atoms with Crippen molar-refractivity contribution in [1.82, 2.24) is 15.2 Å². The zero-order valence-corrected chi connectivity index (χ0v) is 20.5. The van der Waals surface area contributed by atoms with Crippen LogP contribution in [0.2, 0.25) is 5.02 Å². The molecule has 184 valence electrons. The van der Waals surface area contributed by atoms with Crippen LogP contribution < -0.4 is 20.1 Å². The lowest BCUT2D eigenvalue weighted by Crippen LogP contribution is -2.38. The average Bonchev–Trinajstić information content (AvgIpc) is 2.89. The van der Waals surface area contributed by atoms with Crippen molar-refractivity contribution in [1.29, 1.82) is 0 Å². The van der Waals surface area contributed by atoms with E-state index >= 15 is 0 Å². The van der Waals surface area contributed by atoms with Gasteiger partial charge in [0.25, 0.3) is 0 Å². The molecule has 0 spiro atoms. The molecule has 0 aliphatic carbocycles. The van der Waals surface area contributed by atoms with Gasteiger partial charge in [-0.2, -0.15) is 0 Å². The molecule has 9 nitrogen and oxygen atoms in total. The predicted octanol–water partition coefficient (Wildman–Crippen LogP) is 4.98. The highest BCUT2D eigenvalue weighted by Crippen LogP contribution is 2.23. The van der Waals surface area contributed by atoms with Crippen molar-refractivity contribution in [2.75, 3.05) is 26.0 Å². The Bertz CT molecular complexity index is 1070. The quantitative estimate of drug-likeness (QED) is 0.245. The smallest absolute Gasteiger partial charge is 0.324 e. The highest BCUT2D eigenvalue weighted by atomic mass is 35.5. The van der Waals surface area contributed by atoms with Crippen LogP contribution in [0.3, 0.4) is 0 Å². The van der Waals surface area contributed by atoms with Crippen LogP contribution in [-0.2, 0) is 11.3 Å². The Morgan fingerprint density at radius 3 is 2.31 bits per heavy atom. The molecule has 1 aromatic heterocycles. The van der Waals surface area contributed by atoms with Crippen LogP contribution in [0, 0.1) is 0 Å². The van der Waals surface area contributed by atoms with Crippen LogP contribution in [0.4, 0.5) is 10.5 Å². The van der Waals surface area contributed by atoms with Crippen molar-refractivity contribution in [3.63, 3.8) is 0 Å². The molecule has 0 fully saturated rings. The number of urea groups is 1. The van der Waals surface area contributed by atoms with E-state index < -0.39 is 6.03 Å².